The van der Waals surface area contributed by atoms with Gasteiger partial charge in [0.15, 0.2) is 17.1 Å². The van der Waals surface area contributed by atoms with Gasteiger partial charge in [0.05, 0.1) is 32.9 Å². The summed E-state index contributed by atoms with van der Waals surface area (Å²) in [5, 5.41) is 5.25. The molecule has 26 heavy (non-hydrogen) atoms. The minimum absolute atomic E-state index is 0.616. The average molecular weight is 355 g/mol. The first kappa shape index (κ1) is 16.4. The van der Waals surface area contributed by atoms with Crippen molar-refractivity contribution in [2.24, 2.45) is 7.05 Å². The molecule has 3 heterocycles. The number of rotatable bonds is 4. The molecule has 0 saturated heterocycles. The van der Waals surface area contributed by atoms with E-state index in [4.69, 9.17) is 14.2 Å². The highest BCUT2D eigenvalue weighted by molar-refractivity contribution is 5.86. The Labute approximate surface area is 151 Å². The number of aromatic nitrogens is 4. The standard InChI is InChI=1S/C18H21N5O3/c1-22-17-12(8-21-22)18(20-10-19-17)23-6-5-11-7-14(24-2)16(26-4)15(25-3)13(11)9-23/h7-8,10H,5-6,9H2,1-4H3. The van der Waals surface area contributed by atoms with Gasteiger partial charge in [-0.05, 0) is 18.1 Å². The van der Waals surface area contributed by atoms with Crippen molar-refractivity contribution in [2.75, 3.05) is 32.8 Å². The van der Waals surface area contributed by atoms with Gasteiger partial charge in [-0.3, -0.25) is 4.68 Å². The quantitative estimate of drug-likeness (QED) is 0.708. The van der Waals surface area contributed by atoms with Crippen LogP contribution in [-0.2, 0) is 20.0 Å². The van der Waals surface area contributed by atoms with Gasteiger partial charge < -0.3 is 19.1 Å². The largest absolute Gasteiger partial charge is 0.493 e. The maximum absolute atomic E-state index is 5.67. The second-order valence-corrected chi connectivity index (χ2v) is 6.16. The summed E-state index contributed by atoms with van der Waals surface area (Å²) < 4.78 is 18.4. The van der Waals surface area contributed by atoms with E-state index in [1.807, 2.05) is 19.3 Å². The summed E-state index contributed by atoms with van der Waals surface area (Å²) in [6.45, 7) is 1.51. The third-order valence-corrected chi connectivity index (χ3v) is 4.83. The molecule has 0 N–H and O–H groups in total. The van der Waals surface area contributed by atoms with Crippen molar-refractivity contribution < 1.29 is 14.2 Å². The molecule has 8 heteroatoms. The van der Waals surface area contributed by atoms with Gasteiger partial charge in [0.1, 0.15) is 12.1 Å². The predicted molar refractivity (Wildman–Crippen MR) is 97.2 cm³/mol. The van der Waals surface area contributed by atoms with Gasteiger partial charge in [-0.2, -0.15) is 5.10 Å². The Morgan fingerprint density at radius 2 is 1.85 bits per heavy atom. The Balaban J connectivity index is 1.80. The van der Waals surface area contributed by atoms with E-state index in [0.29, 0.717) is 23.8 Å². The first-order valence-corrected chi connectivity index (χ1v) is 8.36. The Kier molecular flexibility index (Phi) is 4.02. The maximum atomic E-state index is 5.67. The lowest BCUT2D eigenvalue weighted by molar-refractivity contribution is 0.320. The highest BCUT2D eigenvalue weighted by Crippen LogP contribution is 2.44. The highest BCUT2D eigenvalue weighted by Gasteiger charge is 2.27. The summed E-state index contributed by atoms with van der Waals surface area (Å²) in [7, 11) is 6.79. The van der Waals surface area contributed by atoms with Crippen molar-refractivity contribution in [1.29, 1.82) is 0 Å². The Morgan fingerprint density at radius 3 is 2.58 bits per heavy atom. The van der Waals surface area contributed by atoms with Crippen LogP contribution < -0.4 is 19.1 Å². The van der Waals surface area contributed by atoms with Gasteiger partial charge in [0.25, 0.3) is 0 Å². The monoisotopic (exact) mass is 355 g/mol. The topological polar surface area (TPSA) is 74.5 Å². The predicted octanol–water partition coefficient (Wildman–Crippen LogP) is 1.95. The molecular weight excluding hydrogens is 334 g/mol. The molecule has 0 saturated carbocycles. The second-order valence-electron chi connectivity index (χ2n) is 6.16. The summed E-state index contributed by atoms with van der Waals surface area (Å²) in [6.07, 6.45) is 4.25. The molecule has 0 amide bonds. The fourth-order valence-electron chi connectivity index (χ4n) is 3.57. The molecule has 0 unspecified atom stereocenters. The van der Waals surface area contributed by atoms with E-state index in [-0.39, 0.29) is 0 Å². The molecule has 4 rings (SSSR count). The fraction of sp³-hybridized carbons (Fsp3) is 0.389. The summed E-state index contributed by atoms with van der Waals surface area (Å²) >= 11 is 0. The number of fused-ring (bicyclic) bond motifs is 2. The highest BCUT2D eigenvalue weighted by atomic mass is 16.5. The van der Waals surface area contributed by atoms with Gasteiger partial charge in [-0.1, -0.05) is 0 Å². The molecule has 0 aliphatic carbocycles. The van der Waals surface area contributed by atoms with Crippen LogP contribution in [0.2, 0.25) is 0 Å². The minimum atomic E-state index is 0.616. The molecule has 0 radical (unpaired) electrons. The molecule has 1 aliphatic heterocycles. The van der Waals surface area contributed by atoms with E-state index in [9.17, 15) is 0 Å². The molecule has 1 aromatic carbocycles. The van der Waals surface area contributed by atoms with Crippen molar-refractivity contribution in [3.63, 3.8) is 0 Å². The number of methoxy groups -OCH3 is 3. The summed E-state index contributed by atoms with van der Waals surface area (Å²) in [5.41, 5.74) is 3.11. The maximum Gasteiger partial charge on any atom is 0.203 e. The number of nitrogens with zero attached hydrogens (tertiary/aromatic N) is 5. The SMILES string of the molecule is COc1cc2c(c(OC)c1OC)CN(c1ncnc3c1cnn3C)CC2. The first-order valence-electron chi connectivity index (χ1n) is 8.36. The molecular formula is C18H21N5O3. The molecule has 136 valence electrons. The Morgan fingerprint density at radius 1 is 1.04 bits per heavy atom. The van der Waals surface area contributed by atoms with E-state index < -0.39 is 0 Å². The van der Waals surface area contributed by atoms with Crippen molar-refractivity contribution in [3.05, 3.63) is 29.7 Å². The van der Waals surface area contributed by atoms with E-state index in [1.165, 1.54) is 5.56 Å². The molecule has 0 bridgehead atoms. The van der Waals surface area contributed by atoms with Gasteiger partial charge in [-0.25, -0.2) is 9.97 Å². The first-order chi connectivity index (χ1) is 12.7. The van der Waals surface area contributed by atoms with Crippen LogP contribution in [0.3, 0.4) is 0 Å². The molecule has 1 aliphatic rings. The molecule has 3 aromatic rings. The van der Waals surface area contributed by atoms with Gasteiger partial charge in [0, 0.05) is 25.7 Å². The third-order valence-electron chi connectivity index (χ3n) is 4.83. The zero-order valence-corrected chi connectivity index (χ0v) is 15.3. The van der Waals surface area contributed by atoms with Crippen LogP contribution in [0, 0.1) is 0 Å². The van der Waals surface area contributed by atoms with Crippen LogP contribution in [0.15, 0.2) is 18.6 Å². The Hall–Kier alpha value is -3.03. The summed E-state index contributed by atoms with van der Waals surface area (Å²) in [4.78, 5) is 11.1. The van der Waals surface area contributed by atoms with Gasteiger partial charge in [0.2, 0.25) is 5.75 Å². The van der Waals surface area contributed by atoms with E-state index in [0.717, 1.165) is 35.4 Å². The zero-order valence-electron chi connectivity index (χ0n) is 15.3. The van der Waals surface area contributed by atoms with Crippen molar-refractivity contribution >= 4 is 16.9 Å². The molecule has 0 fully saturated rings. The second kappa shape index (κ2) is 6.36. The Bertz CT molecular complexity index is 969. The number of benzene rings is 1. The lowest BCUT2D eigenvalue weighted by atomic mass is 9.97. The van der Waals surface area contributed by atoms with Crippen molar-refractivity contribution in [2.45, 2.75) is 13.0 Å². The van der Waals surface area contributed by atoms with Crippen LogP contribution in [0.1, 0.15) is 11.1 Å². The van der Waals surface area contributed by atoms with E-state index in [2.05, 4.69) is 20.0 Å². The normalized spacial score (nSPS) is 13.6. The number of hydrogen-bond donors (Lipinski definition) is 0. The fourth-order valence-corrected chi connectivity index (χ4v) is 3.57. The summed E-state index contributed by atoms with van der Waals surface area (Å²) in [5.74, 6) is 2.90. The number of anilines is 1. The lowest BCUT2D eigenvalue weighted by Crippen LogP contribution is -2.31. The third kappa shape index (κ3) is 2.40. The molecule has 2 aromatic heterocycles. The lowest BCUT2D eigenvalue weighted by Gasteiger charge is -2.32. The zero-order chi connectivity index (χ0) is 18.3. The molecule has 0 atom stereocenters. The van der Waals surface area contributed by atoms with Crippen LogP contribution in [-0.4, -0.2) is 47.6 Å². The van der Waals surface area contributed by atoms with Crippen molar-refractivity contribution in [3.8, 4) is 17.2 Å². The van der Waals surface area contributed by atoms with E-state index >= 15 is 0 Å². The van der Waals surface area contributed by atoms with Gasteiger partial charge in [-0.15, -0.1) is 0 Å². The number of ether oxygens (including phenoxy) is 3. The smallest absolute Gasteiger partial charge is 0.203 e. The van der Waals surface area contributed by atoms with Crippen LogP contribution in [0.25, 0.3) is 11.0 Å². The molecule has 0 spiro atoms. The number of aryl methyl sites for hydroxylation is 1. The van der Waals surface area contributed by atoms with Crippen LogP contribution in [0.5, 0.6) is 17.2 Å². The van der Waals surface area contributed by atoms with E-state index in [1.54, 1.807) is 32.3 Å². The molecule has 8 nitrogen and oxygen atoms in total. The van der Waals surface area contributed by atoms with Crippen LogP contribution >= 0.6 is 0 Å². The minimum Gasteiger partial charge on any atom is -0.493 e. The van der Waals surface area contributed by atoms with Gasteiger partial charge >= 0.3 is 0 Å². The van der Waals surface area contributed by atoms with Crippen LogP contribution in [0.4, 0.5) is 5.82 Å². The summed E-state index contributed by atoms with van der Waals surface area (Å²) in [6, 6.07) is 2.04. The average Bonchev–Trinajstić information content (AvgIpc) is 3.07. The van der Waals surface area contributed by atoms with Crippen molar-refractivity contribution in [1.82, 2.24) is 19.7 Å². The number of hydrogen-bond acceptors (Lipinski definition) is 7.